The van der Waals surface area contributed by atoms with E-state index in [1.54, 1.807) is 7.11 Å². The summed E-state index contributed by atoms with van der Waals surface area (Å²) in [5, 5.41) is 1.18. The third-order valence-electron chi connectivity index (χ3n) is 1.94. The highest BCUT2D eigenvalue weighted by molar-refractivity contribution is 7.28. The maximum Gasteiger partial charge on any atom is 0.126 e. The van der Waals surface area contributed by atoms with Crippen molar-refractivity contribution in [3.05, 3.63) is 23.8 Å². The van der Waals surface area contributed by atoms with Gasteiger partial charge in [0, 0.05) is 5.30 Å². The predicted octanol–water partition coefficient (Wildman–Crippen LogP) is 2.32. The van der Waals surface area contributed by atoms with Crippen LogP contribution in [-0.2, 0) is 0 Å². The quantitative estimate of drug-likeness (QED) is 0.638. The SMILES string of the molecule is COc1cccc(C(C)C)c1P. The molecule has 1 nitrogen and oxygen atoms in total. The molecule has 0 amide bonds. The van der Waals surface area contributed by atoms with Crippen molar-refractivity contribution in [2.75, 3.05) is 7.11 Å². The van der Waals surface area contributed by atoms with E-state index in [1.807, 2.05) is 12.1 Å². The molecule has 0 bridgehead atoms. The minimum atomic E-state index is 0.549. The van der Waals surface area contributed by atoms with Crippen molar-refractivity contribution in [2.24, 2.45) is 0 Å². The fraction of sp³-hybridized carbons (Fsp3) is 0.400. The Morgan fingerprint density at radius 1 is 1.33 bits per heavy atom. The van der Waals surface area contributed by atoms with Crippen molar-refractivity contribution < 1.29 is 4.74 Å². The molecule has 1 rings (SSSR count). The van der Waals surface area contributed by atoms with E-state index in [0.29, 0.717) is 5.92 Å². The smallest absolute Gasteiger partial charge is 0.126 e. The normalized spacial score (nSPS) is 10.4. The molecule has 12 heavy (non-hydrogen) atoms. The molecule has 0 spiro atoms. The molecule has 1 aromatic rings. The lowest BCUT2D eigenvalue weighted by atomic mass is 10.0. The van der Waals surface area contributed by atoms with Crippen molar-refractivity contribution in [1.82, 2.24) is 0 Å². The zero-order chi connectivity index (χ0) is 9.14. The van der Waals surface area contributed by atoms with Crippen molar-refractivity contribution in [2.45, 2.75) is 19.8 Å². The van der Waals surface area contributed by atoms with Gasteiger partial charge in [-0.05, 0) is 17.5 Å². The van der Waals surface area contributed by atoms with Crippen molar-refractivity contribution >= 4 is 14.5 Å². The second kappa shape index (κ2) is 3.91. The van der Waals surface area contributed by atoms with Crippen LogP contribution in [0.5, 0.6) is 5.75 Å². The highest BCUT2D eigenvalue weighted by atomic mass is 31.0. The Kier molecular flexibility index (Phi) is 3.11. The van der Waals surface area contributed by atoms with Gasteiger partial charge in [-0.1, -0.05) is 26.0 Å². The third kappa shape index (κ3) is 1.78. The van der Waals surface area contributed by atoms with Crippen molar-refractivity contribution in [3.63, 3.8) is 0 Å². The van der Waals surface area contributed by atoms with Gasteiger partial charge in [0.25, 0.3) is 0 Å². The van der Waals surface area contributed by atoms with Gasteiger partial charge in [-0.25, -0.2) is 0 Å². The summed E-state index contributed by atoms with van der Waals surface area (Å²) < 4.78 is 5.21. The molecular formula is C10H15OP. The maximum absolute atomic E-state index is 5.21. The van der Waals surface area contributed by atoms with Gasteiger partial charge in [-0.2, -0.15) is 0 Å². The van der Waals surface area contributed by atoms with E-state index in [0.717, 1.165) is 5.75 Å². The van der Waals surface area contributed by atoms with Crippen LogP contribution in [-0.4, -0.2) is 7.11 Å². The Hall–Kier alpha value is -0.550. The second-order valence-corrected chi connectivity index (χ2v) is 3.70. The molecule has 0 aliphatic carbocycles. The van der Waals surface area contributed by atoms with Crippen LogP contribution in [0.25, 0.3) is 0 Å². The van der Waals surface area contributed by atoms with Crippen LogP contribution in [0.2, 0.25) is 0 Å². The monoisotopic (exact) mass is 182 g/mol. The van der Waals surface area contributed by atoms with Crippen LogP contribution < -0.4 is 10.0 Å². The predicted molar refractivity (Wildman–Crippen MR) is 56.4 cm³/mol. The van der Waals surface area contributed by atoms with Gasteiger partial charge < -0.3 is 4.74 Å². The summed E-state index contributed by atoms with van der Waals surface area (Å²) in [6.45, 7) is 4.37. The summed E-state index contributed by atoms with van der Waals surface area (Å²) in [4.78, 5) is 0. The van der Waals surface area contributed by atoms with Gasteiger partial charge in [-0.3, -0.25) is 0 Å². The van der Waals surface area contributed by atoms with Gasteiger partial charge in [0.15, 0.2) is 0 Å². The number of benzene rings is 1. The molecule has 0 radical (unpaired) electrons. The summed E-state index contributed by atoms with van der Waals surface area (Å²) >= 11 is 0. The van der Waals surface area contributed by atoms with Gasteiger partial charge in [0.05, 0.1) is 7.11 Å². The first kappa shape index (κ1) is 9.54. The standard InChI is InChI=1S/C10H15OP/c1-7(2)8-5-4-6-9(11-3)10(8)12/h4-7H,12H2,1-3H3. The lowest BCUT2D eigenvalue weighted by molar-refractivity contribution is 0.418. The fourth-order valence-corrected chi connectivity index (χ4v) is 1.89. The Morgan fingerprint density at radius 3 is 2.50 bits per heavy atom. The Bertz CT molecular complexity index is 269. The topological polar surface area (TPSA) is 9.23 Å². The molecule has 66 valence electrons. The lowest BCUT2D eigenvalue weighted by Gasteiger charge is -2.12. The molecule has 1 aromatic carbocycles. The largest absolute Gasteiger partial charge is 0.496 e. The number of rotatable bonds is 2. The average Bonchev–Trinajstić information content (AvgIpc) is 2.04. The van der Waals surface area contributed by atoms with E-state index in [9.17, 15) is 0 Å². The van der Waals surface area contributed by atoms with E-state index in [-0.39, 0.29) is 0 Å². The molecular weight excluding hydrogens is 167 g/mol. The Morgan fingerprint density at radius 2 is 2.00 bits per heavy atom. The molecule has 0 saturated heterocycles. The minimum Gasteiger partial charge on any atom is -0.496 e. The minimum absolute atomic E-state index is 0.549. The second-order valence-electron chi connectivity index (χ2n) is 3.12. The summed E-state index contributed by atoms with van der Waals surface area (Å²) in [6.07, 6.45) is 0. The summed E-state index contributed by atoms with van der Waals surface area (Å²) in [7, 11) is 4.43. The first-order chi connectivity index (χ1) is 5.66. The molecule has 0 heterocycles. The van der Waals surface area contributed by atoms with Crippen LogP contribution in [0.15, 0.2) is 18.2 Å². The fourth-order valence-electron chi connectivity index (χ4n) is 1.24. The maximum atomic E-state index is 5.21. The summed E-state index contributed by atoms with van der Waals surface area (Å²) in [5.74, 6) is 1.50. The van der Waals surface area contributed by atoms with E-state index in [1.165, 1.54) is 10.9 Å². The molecule has 0 aliphatic heterocycles. The summed E-state index contributed by atoms with van der Waals surface area (Å²) in [5.41, 5.74) is 1.33. The van der Waals surface area contributed by atoms with E-state index in [4.69, 9.17) is 4.74 Å². The average molecular weight is 182 g/mol. The van der Waals surface area contributed by atoms with E-state index in [2.05, 4.69) is 29.2 Å². The van der Waals surface area contributed by atoms with E-state index >= 15 is 0 Å². The van der Waals surface area contributed by atoms with E-state index < -0.39 is 0 Å². The first-order valence-electron chi connectivity index (χ1n) is 4.09. The molecule has 0 saturated carbocycles. The molecule has 1 atom stereocenters. The molecule has 0 N–H and O–H groups in total. The van der Waals surface area contributed by atoms with Crippen LogP contribution in [0, 0.1) is 0 Å². The van der Waals surface area contributed by atoms with Gasteiger partial charge in [0.2, 0.25) is 0 Å². The number of methoxy groups -OCH3 is 1. The van der Waals surface area contributed by atoms with Crippen LogP contribution in [0.3, 0.4) is 0 Å². The number of hydrogen-bond donors (Lipinski definition) is 0. The summed E-state index contributed by atoms with van der Waals surface area (Å²) in [6, 6.07) is 6.14. The zero-order valence-corrected chi connectivity index (χ0v) is 8.95. The lowest BCUT2D eigenvalue weighted by Crippen LogP contribution is -2.06. The molecule has 2 heteroatoms. The first-order valence-corrected chi connectivity index (χ1v) is 4.67. The highest BCUT2D eigenvalue weighted by Gasteiger charge is 2.06. The Labute approximate surface area is 76.3 Å². The van der Waals surface area contributed by atoms with Crippen LogP contribution >= 0.6 is 9.24 Å². The molecule has 1 unspecified atom stereocenters. The van der Waals surface area contributed by atoms with Gasteiger partial charge in [-0.15, -0.1) is 9.24 Å². The molecule has 0 fully saturated rings. The third-order valence-corrected chi connectivity index (χ3v) is 2.56. The van der Waals surface area contributed by atoms with Gasteiger partial charge in [0.1, 0.15) is 5.75 Å². The van der Waals surface area contributed by atoms with Crippen LogP contribution in [0.1, 0.15) is 25.3 Å². The molecule has 0 aliphatic rings. The molecule has 0 aromatic heterocycles. The highest BCUT2D eigenvalue weighted by Crippen LogP contribution is 2.19. The van der Waals surface area contributed by atoms with Crippen LogP contribution in [0.4, 0.5) is 0 Å². The number of hydrogen-bond acceptors (Lipinski definition) is 1. The zero-order valence-electron chi connectivity index (χ0n) is 7.79. The number of ether oxygens (including phenoxy) is 1. The van der Waals surface area contributed by atoms with Crippen molar-refractivity contribution in [1.29, 1.82) is 0 Å². The Balaban J connectivity index is 3.14. The van der Waals surface area contributed by atoms with Gasteiger partial charge >= 0.3 is 0 Å². The van der Waals surface area contributed by atoms with Crippen molar-refractivity contribution in [3.8, 4) is 5.75 Å².